The fraction of sp³-hybridized carbons (Fsp3) is 0.500. The van der Waals surface area contributed by atoms with Crippen molar-refractivity contribution in [1.82, 2.24) is 4.90 Å². The van der Waals surface area contributed by atoms with Crippen LogP contribution >= 0.6 is 0 Å². The average molecular weight is 304 g/mol. The first kappa shape index (κ1) is 14.7. The van der Waals surface area contributed by atoms with Gasteiger partial charge in [-0.2, -0.15) is 0 Å². The lowest BCUT2D eigenvalue weighted by atomic mass is 10.0. The van der Waals surface area contributed by atoms with Gasteiger partial charge in [0.25, 0.3) is 5.91 Å². The first-order valence-electron chi connectivity index (χ1n) is 7.47. The molecule has 1 atom stereocenters. The van der Waals surface area contributed by atoms with Crippen LogP contribution in [0.1, 0.15) is 24.8 Å². The normalized spacial score (nSPS) is 20.5. The highest BCUT2D eigenvalue weighted by Gasteiger charge is 2.34. The lowest BCUT2D eigenvalue weighted by Crippen LogP contribution is -2.37. The highest BCUT2D eigenvalue weighted by atomic mass is 16.6. The minimum absolute atomic E-state index is 0.0260. The smallest absolute Gasteiger partial charge is 0.266 e. The molecule has 1 aromatic carbocycles. The number of benzene rings is 1. The van der Waals surface area contributed by atoms with E-state index in [1.807, 2.05) is 23.1 Å². The maximum atomic E-state index is 12.4. The predicted molar refractivity (Wildman–Crippen MR) is 81.4 cm³/mol. The van der Waals surface area contributed by atoms with Gasteiger partial charge >= 0.3 is 0 Å². The average Bonchev–Trinajstić information content (AvgIpc) is 3.25. The quantitative estimate of drug-likeness (QED) is 0.851. The number of carbonyl (C=O) groups excluding carboxylic acids is 1. The summed E-state index contributed by atoms with van der Waals surface area (Å²) in [5.41, 5.74) is 1.52. The van der Waals surface area contributed by atoms with Crippen molar-refractivity contribution in [3.8, 4) is 11.5 Å². The van der Waals surface area contributed by atoms with E-state index < -0.39 is 6.10 Å². The minimum atomic E-state index is -0.524. The molecule has 22 heavy (non-hydrogen) atoms. The maximum Gasteiger partial charge on any atom is 0.266 e. The Balaban J connectivity index is 1.75. The van der Waals surface area contributed by atoms with E-state index in [9.17, 15) is 4.79 Å². The Morgan fingerprint density at radius 1 is 1.27 bits per heavy atom. The molecular formula is C16H20N2O4. The Morgan fingerprint density at radius 3 is 2.73 bits per heavy atom. The lowest BCUT2D eigenvalue weighted by molar-refractivity contribution is -0.140. The summed E-state index contributed by atoms with van der Waals surface area (Å²) in [6.45, 7) is 1.63. The second-order valence-electron chi connectivity index (χ2n) is 5.43. The molecule has 2 aliphatic heterocycles. The largest absolute Gasteiger partial charge is 0.497 e. The van der Waals surface area contributed by atoms with Crippen molar-refractivity contribution < 1.29 is 19.1 Å². The molecule has 0 radical (unpaired) electrons. The van der Waals surface area contributed by atoms with Gasteiger partial charge in [-0.1, -0.05) is 5.16 Å². The summed E-state index contributed by atoms with van der Waals surface area (Å²) in [6, 6.07) is 5.50. The lowest BCUT2D eigenvalue weighted by Gasteiger charge is -2.18. The zero-order valence-corrected chi connectivity index (χ0v) is 12.9. The molecule has 118 valence electrons. The molecule has 2 aliphatic rings. The van der Waals surface area contributed by atoms with E-state index in [2.05, 4.69) is 5.16 Å². The van der Waals surface area contributed by atoms with Gasteiger partial charge in [-0.25, -0.2) is 0 Å². The van der Waals surface area contributed by atoms with E-state index >= 15 is 0 Å². The highest BCUT2D eigenvalue weighted by molar-refractivity contribution is 6.06. The third kappa shape index (κ3) is 2.73. The van der Waals surface area contributed by atoms with Crippen LogP contribution in [0.4, 0.5) is 0 Å². The summed E-state index contributed by atoms with van der Waals surface area (Å²) in [5, 5.41) is 4.10. The van der Waals surface area contributed by atoms with E-state index in [-0.39, 0.29) is 5.91 Å². The SMILES string of the molecule is COc1ccc(OC)c(C2=NO[C@@H](C(=O)N3CCCC3)C2)c1. The fourth-order valence-corrected chi connectivity index (χ4v) is 2.85. The topological polar surface area (TPSA) is 60.4 Å². The molecule has 0 bridgehead atoms. The third-order valence-electron chi connectivity index (χ3n) is 4.08. The first-order valence-corrected chi connectivity index (χ1v) is 7.47. The Bertz CT molecular complexity index is 594. The molecular weight excluding hydrogens is 284 g/mol. The van der Waals surface area contributed by atoms with Crippen molar-refractivity contribution in [3.05, 3.63) is 23.8 Å². The number of ether oxygens (including phenoxy) is 2. The summed E-state index contributed by atoms with van der Waals surface area (Å²) in [7, 11) is 3.22. The number of hydrogen-bond donors (Lipinski definition) is 0. The van der Waals surface area contributed by atoms with Gasteiger partial charge in [0.15, 0.2) is 0 Å². The van der Waals surface area contributed by atoms with Gasteiger partial charge in [0.05, 0.1) is 19.9 Å². The molecule has 3 rings (SSSR count). The number of nitrogens with zero attached hydrogens (tertiary/aromatic N) is 2. The summed E-state index contributed by atoms with van der Waals surface area (Å²) in [6.07, 6.45) is 2.06. The summed E-state index contributed by atoms with van der Waals surface area (Å²) >= 11 is 0. The van der Waals surface area contributed by atoms with Crippen LogP contribution in [-0.4, -0.2) is 49.9 Å². The number of carbonyl (C=O) groups is 1. The van der Waals surface area contributed by atoms with Crippen molar-refractivity contribution in [2.75, 3.05) is 27.3 Å². The molecule has 6 heteroatoms. The molecule has 0 aliphatic carbocycles. The number of likely N-dealkylation sites (tertiary alicyclic amines) is 1. The van der Waals surface area contributed by atoms with Gasteiger partial charge in [0, 0.05) is 25.1 Å². The Kier molecular flexibility index (Phi) is 4.18. The third-order valence-corrected chi connectivity index (χ3v) is 4.08. The Labute approximate surface area is 129 Å². The molecule has 1 saturated heterocycles. The van der Waals surface area contributed by atoms with Crippen LogP contribution in [0.2, 0.25) is 0 Å². The highest BCUT2D eigenvalue weighted by Crippen LogP contribution is 2.29. The molecule has 0 saturated carbocycles. The number of rotatable bonds is 4. The second-order valence-corrected chi connectivity index (χ2v) is 5.43. The molecule has 1 fully saturated rings. The zero-order chi connectivity index (χ0) is 15.5. The van der Waals surface area contributed by atoms with Crippen LogP contribution in [0.5, 0.6) is 11.5 Å². The van der Waals surface area contributed by atoms with Gasteiger partial charge in [-0.3, -0.25) is 4.79 Å². The van der Waals surface area contributed by atoms with Crippen LogP contribution in [-0.2, 0) is 9.63 Å². The second kappa shape index (κ2) is 6.25. The standard InChI is InChI=1S/C16H20N2O4/c1-20-11-5-6-14(21-2)12(9-11)13-10-15(22-17-13)16(19)18-7-3-4-8-18/h5-6,9,15H,3-4,7-8,10H2,1-2H3/t15-/m1/s1. The predicted octanol–water partition coefficient (Wildman–Crippen LogP) is 1.82. The molecule has 0 N–H and O–H groups in total. The van der Waals surface area contributed by atoms with Crippen LogP contribution in [0.3, 0.4) is 0 Å². The van der Waals surface area contributed by atoms with Crippen LogP contribution < -0.4 is 9.47 Å². The van der Waals surface area contributed by atoms with Crippen molar-refractivity contribution in [2.45, 2.75) is 25.4 Å². The summed E-state index contributed by atoms with van der Waals surface area (Å²) < 4.78 is 10.6. The van der Waals surface area contributed by atoms with Crippen LogP contribution in [0.25, 0.3) is 0 Å². The maximum absolute atomic E-state index is 12.4. The molecule has 0 aromatic heterocycles. The number of amides is 1. The fourth-order valence-electron chi connectivity index (χ4n) is 2.85. The molecule has 0 unspecified atom stereocenters. The summed E-state index contributed by atoms with van der Waals surface area (Å²) in [5.74, 6) is 1.43. The first-order chi connectivity index (χ1) is 10.7. The van der Waals surface area contributed by atoms with Gasteiger partial charge in [-0.15, -0.1) is 0 Å². The summed E-state index contributed by atoms with van der Waals surface area (Å²) in [4.78, 5) is 19.6. The van der Waals surface area contributed by atoms with E-state index in [0.29, 0.717) is 23.6 Å². The van der Waals surface area contributed by atoms with Gasteiger partial charge in [0.2, 0.25) is 6.10 Å². The zero-order valence-electron chi connectivity index (χ0n) is 12.9. The Hall–Kier alpha value is -2.24. The van der Waals surface area contributed by atoms with Crippen molar-refractivity contribution in [1.29, 1.82) is 0 Å². The van der Waals surface area contributed by atoms with E-state index in [4.69, 9.17) is 14.3 Å². The molecule has 0 spiro atoms. The van der Waals surface area contributed by atoms with Gasteiger partial charge < -0.3 is 19.2 Å². The number of oxime groups is 1. The van der Waals surface area contributed by atoms with Crippen molar-refractivity contribution in [3.63, 3.8) is 0 Å². The van der Waals surface area contributed by atoms with Crippen LogP contribution in [0.15, 0.2) is 23.4 Å². The molecule has 1 aromatic rings. The number of methoxy groups -OCH3 is 2. The van der Waals surface area contributed by atoms with E-state index in [1.54, 1.807) is 14.2 Å². The molecule has 2 heterocycles. The van der Waals surface area contributed by atoms with Crippen LogP contribution in [0, 0.1) is 0 Å². The molecule has 1 amide bonds. The monoisotopic (exact) mass is 304 g/mol. The minimum Gasteiger partial charge on any atom is -0.497 e. The van der Waals surface area contributed by atoms with Gasteiger partial charge in [-0.05, 0) is 31.0 Å². The molecule has 6 nitrogen and oxygen atoms in total. The van der Waals surface area contributed by atoms with E-state index in [1.165, 1.54) is 0 Å². The number of hydrogen-bond acceptors (Lipinski definition) is 5. The van der Waals surface area contributed by atoms with E-state index in [0.717, 1.165) is 31.5 Å². The Morgan fingerprint density at radius 2 is 2.05 bits per heavy atom. The van der Waals surface area contributed by atoms with Crippen molar-refractivity contribution >= 4 is 11.6 Å². The van der Waals surface area contributed by atoms with Gasteiger partial charge in [0.1, 0.15) is 11.5 Å². The van der Waals surface area contributed by atoms with Crippen molar-refractivity contribution in [2.24, 2.45) is 5.16 Å².